The monoisotopic (exact) mass is 293 g/mol. The first kappa shape index (κ1) is 15.7. The number of halogens is 1. The van der Waals surface area contributed by atoms with Gasteiger partial charge in [0, 0.05) is 43.5 Å². The average molecular weight is 293 g/mol. The Kier molecular flexibility index (Phi) is 5.12. The highest BCUT2D eigenvalue weighted by Gasteiger charge is 2.13. The SMILES string of the molecule is CCCn1cc(CNCc2c(C)nn(CC)c2F)c(C)n1. The quantitative estimate of drug-likeness (QED) is 0.853. The lowest BCUT2D eigenvalue weighted by atomic mass is 10.2. The lowest BCUT2D eigenvalue weighted by molar-refractivity contribution is 0.460. The number of aromatic nitrogens is 4. The van der Waals surface area contributed by atoms with Gasteiger partial charge in [0.25, 0.3) is 0 Å². The molecule has 0 bridgehead atoms. The van der Waals surface area contributed by atoms with Crippen LogP contribution in [0.1, 0.15) is 42.8 Å². The predicted octanol–water partition coefficient (Wildman–Crippen LogP) is 2.56. The van der Waals surface area contributed by atoms with Crippen LogP contribution in [0, 0.1) is 19.8 Å². The molecular formula is C15H24FN5. The Morgan fingerprint density at radius 3 is 2.52 bits per heavy atom. The molecule has 0 aliphatic heterocycles. The maximum absolute atomic E-state index is 14.0. The van der Waals surface area contributed by atoms with Crippen molar-refractivity contribution in [1.82, 2.24) is 24.9 Å². The standard InChI is InChI=1S/C15H24FN5/c1-5-7-20-10-13(11(3)18-20)8-17-9-14-12(4)19-21(6-2)15(14)16/h10,17H,5-9H2,1-4H3. The molecule has 0 aliphatic carbocycles. The van der Waals surface area contributed by atoms with Crippen LogP contribution in [0.5, 0.6) is 0 Å². The molecule has 116 valence electrons. The van der Waals surface area contributed by atoms with Gasteiger partial charge in [-0.3, -0.25) is 4.68 Å². The maximum atomic E-state index is 14.0. The third kappa shape index (κ3) is 3.50. The normalized spacial score (nSPS) is 11.3. The van der Waals surface area contributed by atoms with Crippen LogP contribution in [0.3, 0.4) is 0 Å². The van der Waals surface area contributed by atoms with E-state index in [9.17, 15) is 4.39 Å². The average Bonchev–Trinajstić information content (AvgIpc) is 2.93. The molecule has 0 aromatic carbocycles. The van der Waals surface area contributed by atoms with Crippen molar-refractivity contribution >= 4 is 0 Å². The molecule has 0 radical (unpaired) electrons. The first-order valence-corrected chi connectivity index (χ1v) is 7.52. The second-order valence-electron chi connectivity index (χ2n) is 5.28. The zero-order chi connectivity index (χ0) is 15.4. The Morgan fingerprint density at radius 1 is 1.14 bits per heavy atom. The van der Waals surface area contributed by atoms with Crippen molar-refractivity contribution in [2.24, 2.45) is 0 Å². The predicted molar refractivity (Wildman–Crippen MR) is 80.4 cm³/mol. The first-order valence-electron chi connectivity index (χ1n) is 7.52. The van der Waals surface area contributed by atoms with E-state index in [1.165, 1.54) is 4.68 Å². The van der Waals surface area contributed by atoms with Gasteiger partial charge in [-0.1, -0.05) is 6.92 Å². The van der Waals surface area contributed by atoms with E-state index in [2.05, 4.69) is 28.6 Å². The molecule has 2 heterocycles. The summed E-state index contributed by atoms with van der Waals surface area (Å²) in [4.78, 5) is 0. The second kappa shape index (κ2) is 6.85. The van der Waals surface area contributed by atoms with E-state index in [0.29, 0.717) is 25.2 Å². The Labute approximate surface area is 125 Å². The lowest BCUT2D eigenvalue weighted by Crippen LogP contribution is -2.14. The summed E-state index contributed by atoms with van der Waals surface area (Å²) in [7, 11) is 0. The van der Waals surface area contributed by atoms with E-state index in [0.717, 1.165) is 29.9 Å². The van der Waals surface area contributed by atoms with Crippen molar-refractivity contribution in [3.05, 3.63) is 34.7 Å². The molecule has 0 aliphatic rings. The van der Waals surface area contributed by atoms with Crippen LogP contribution in [0.2, 0.25) is 0 Å². The number of aryl methyl sites for hydroxylation is 4. The molecule has 5 nitrogen and oxygen atoms in total. The molecule has 2 aromatic rings. The molecular weight excluding hydrogens is 269 g/mol. The molecule has 1 N–H and O–H groups in total. The molecule has 0 spiro atoms. The second-order valence-corrected chi connectivity index (χ2v) is 5.28. The Morgan fingerprint density at radius 2 is 1.90 bits per heavy atom. The fourth-order valence-electron chi connectivity index (χ4n) is 2.40. The van der Waals surface area contributed by atoms with Crippen LogP contribution >= 0.6 is 0 Å². The van der Waals surface area contributed by atoms with Gasteiger partial charge in [-0.25, -0.2) is 4.68 Å². The minimum atomic E-state index is -0.235. The third-order valence-electron chi connectivity index (χ3n) is 3.60. The summed E-state index contributed by atoms with van der Waals surface area (Å²) in [5.74, 6) is -0.235. The zero-order valence-corrected chi connectivity index (χ0v) is 13.3. The molecule has 0 saturated heterocycles. The number of nitrogens with one attached hydrogen (secondary N) is 1. The molecule has 0 fully saturated rings. The van der Waals surface area contributed by atoms with E-state index >= 15 is 0 Å². The Bertz CT molecular complexity index is 599. The molecule has 0 saturated carbocycles. The van der Waals surface area contributed by atoms with Crippen molar-refractivity contribution in [3.8, 4) is 0 Å². The molecule has 21 heavy (non-hydrogen) atoms. The summed E-state index contributed by atoms with van der Waals surface area (Å²) < 4.78 is 17.4. The van der Waals surface area contributed by atoms with Crippen molar-refractivity contribution in [2.75, 3.05) is 0 Å². The minimum Gasteiger partial charge on any atom is -0.308 e. The van der Waals surface area contributed by atoms with Gasteiger partial charge >= 0.3 is 0 Å². The maximum Gasteiger partial charge on any atom is 0.216 e. The van der Waals surface area contributed by atoms with Gasteiger partial charge in [-0.05, 0) is 27.2 Å². The highest BCUT2D eigenvalue weighted by atomic mass is 19.1. The summed E-state index contributed by atoms with van der Waals surface area (Å²) in [6.45, 7) is 10.5. The summed E-state index contributed by atoms with van der Waals surface area (Å²) >= 11 is 0. The third-order valence-corrected chi connectivity index (χ3v) is 3.60. The van der Waals surface area contributed by atoms with Crippen LogP contribution in [0.15, 0.2) is 6.20 Å². The van der Waals surface area contributed by atoms with Gasteiger partial charge in [0.05, 0.1) is 11.4 Å². The summed E-state index contributed by atoms with van der Waals surface area (Å²) in [5, 5.41) is 11.9. The smallest absolute Gasteiger partial charge is 0.216 e. The van der Waals surface area contributed by atoms with E-state index in [1.807, 2.05) is 25.5 Å². The lowest BCUT2D eigenvalue weighted by Gasteiger charge is -2.03. The van der Waals surface area contributed by atoms with Crippen LogP contribution in [0.25, 0.3) is 0 Å². The zero-order valence-electron chi connectivity index (χ0n) is 13.3. The number of hydrogen-bond acceptors (Lipinski definition) is 3. The van der Waals surface area contributed by atoms with Crippen molar-refractivity contribution in [3.63, 3.8) is 0 Å². The van der Waals surface area contributed by atoms with Gasteiger partial charge in [-0.2, -0.15) is 14.6 Å². The Hall–Kier alpha value is -1.69. The van der Waals surface area contributed by atoms with Gasteiger partial charge in [-0.15, -0.1) is 0 Å². The van der Waals surface area contributed by atoms with Crippen LogP contribution < -0.4 is 5.32 Å². The topological polar surface area (TPSA) is 47.7 Å². The largest absolute Gasteiger partial charge is 0.308 e. The fourth-order valence-corrected chi connectivity index (χ4v) is 2.40. The van der Waals surface area contributed by atoms with E-state index in [4.69, 9.17) is 0 Å². The van der Waals surface area contributed by atoms with E-state index < -0.39 is 0 Å². The van der Waals surface area contributed by atoms with Crippen LogP contribution in [-0.4, -0.2) is 19.6 Å². The molecule has 0 atom stereocenters. The summed E-state index contributed by atoms with van der Waals surface area (Å²) in [5.41, 5.74) is 3.58. The van der Waals surface area contributed by atoms with E-state index in [1.54, 1.807) is 0 Å². The van der Waals surface area contributed by atoms with Gasteiger partial charge in [0.2, 0.25) is 5.95 Å². The molecule has 0 unspecified atom stereocenters. The highest BCUT2D eigenvalue weighted by Crippen LogP contribution is 2.13. The molecule has 2 aromatic heterocycles. The first-order chi connectivity index (χ1) is 10.1. The number of nitrogens with zero attached hydrogens (tertiary/aromatic N) is 4. The van der Waals surface area contributed by atoms with Crippen molar-refractivity contribution in [1.29, 1.82) is 0 Å². The minimum absolute atomic E-state index is 0.235. The van der Waals surface area contributed by atoms with Gasteiger partial charge in [0.15, 0.2) is 0 Å². The van der Waals surface area contributed by atoms with Gasteiger partial charge in [0.1, 0.15) is 0 Å². The van der Waals surface area contributed by atoms with Gasteiger partial charge < -0.3 is 5.32 Å². The molecule has 0 amide bonds. The summed E-state index contributed by atoms with van der Waals surface area (Å²) in [6.07, 6.45) is 3.12. The highest BCUT2D eigenvalue weighted by molar-refractivity contribution is 5.19. The Balaban J connectivity index is 1.97. The molecule has 6 heteroatoms. The van der Waals surface area contributed by atoms with E-state index in [-0.39, 0.29) is 5.95 Å². The fraction of sp³-hybridized carbons (Fsp3) is 0.600. The number of hydrogen-bond donors (Lipinski definition) is 1. The van der Waals surface area contributed by atoms with Crippen LogP contribution in [0.4, 0.5) is 4.39 Å². The van der Waals surface area contributed by atoms with Crippen molar-refractivity contribution in [2.45, 2.75) is 60.3 Å². The van der Waals surface area contributed by atoms with Crippen molar-refractivity contribution < 1.29 is 4.39 Å². The van der Waals surface area contributed by atoms with Crippen LogP contribution in [-0.2, 0) is 26.2 Å². The summed E-state index contributed by atoms with van der Waals surface area (Å²) in [6, 6.07) is 0. The molecule has 2 rings (SSSR count). The number of rotatable bonds is 7.